The van der Waals surface area contributed by atoms with Crippen molar-refractivity contribution in [1.82, 2.24) is 9.97 Å². The fraction of sp³-hybridized carbons (Fsp3) is 0.0870. The number of thioether (sulfide) groups is 1. The molecule has 7 heteroatoms. The van der Waals surface area contributed by atoms with Crippen LogP contribution < -0.4 is 10.6 Å². The molecule has 2 amide bonds. The first-order valence-electron chi connectivity index (χ1n) is 9.42. The number of anilines is 2. The van der Waals surface area contributed by atoms with Gasteiger partial charge in [0.25, 0.3) is 5.91 Å². The lowest BCUT2D eigenvalue weighted by atomic mass is 10.1. The lowest BCUT2D eigenvalue weighted by Gasteiger charge is -2.08. The monoisotopic (exact) mass is 416 g/mol. The zero-order valence-corrected chi connectivity index (χ0v) is 17.1. The van der Waals surface area contributed by atoms with Crippen molar-refractivity contribution in [1.29, 1.82) is 0 Å². The number of hydrogen-bond donors (Lipinski definition) is 3. The quantitative estimate of drug-likeness (QED) is 0.383. The van der Waals surface area contributed by atoms with E-state index in [0.29, 0.717) is 16.9 Å². The fourth-order valence-corrected chi connectivity index (χ4v) is 3.79. The van der Waals surface area contributed by atoms with Gasteiger partial charge in [-0.2, -0.15) is 0 Å². The first-order valence-corrected chi connectivity index (χ1v) is 10.4. The number of nitrogens with one attached hydrogen (secondary N) is 3. The summed E-state index contributed by atoms with van der Waals surface area (Å²) in [4.78, 5) is 31.4. The van der Waals surface area contributed by atoms with Crippen LogP contribution in [0.1, 0.15) is 22.8 Å². The number of imidazole rings is 1. The molecule has 0 aliphatic heterocycles. The van der Waals surface area contributed by atoms with Gasteiger partial charge in [-0.1, -0.05) is 36.0 Å². The molecule has 1 aromatic heterocycles. The first kappa shape index (κ1) is 19.7. The van der Waals surface area contributed by atoms with Gasteiger partial charge >= 0.3 is 0 Å². The van der Waals surface area contributed by atoms with Crippen molar-refractivity contribution in [2.75, 3.05) is 10.6 Å². The molecule has 0 fully saturated rings. The highest BCUT2D eigenvalue weighted by atomic mass is 32.2. The van der Waals surface area contributed by atoms with Crippen LogP contribution in [0.15, 0.2) is 78.0 Å². The second-order valence-electron chi connectivity index (χ2n) is 6.76. The van der Waals surface area contributed by atoms with Crippen LogP contribution in [0, 0.1) is 0 Å². The normalized spacial score (nSPS) is 10.7. The van der Waals surface area contributed by atoms with E-state index in [1.54, 1.807) is 36.0 Å². The maximum absolute atomic E-state index is 12.5. The fourth-order valence-electron chi connectivity index (χ4n) is 2.95. The zero-order valence-electron chi connectivity index (χ0n) is 16.3. The number of fused-ring (bicyclic) bond motifs is 1. The molecule has 0 bridgehead atoms. The number of carbonyl (C=O) groups is 2. The van der Waals surface area contributed by atoms with E-state index in [1.807, 2.05) is 48.5 Å². The molecular formula is C23H20N4O2S. The predicted molar refractivity (Wildman–Crippen MR) is 121 cm³/mol. The highest BCUT2D eigenvalue weighted by molar-refractivity contribution is 7.98. The largest absolute Gasteiger partial charge is 0.333 e. The smallest absolute Gasteiger partial charge is 0.255 e. The number of para-hydroxylation sites is 2. The van der Waals surface area contributed by atoms with Crippen molar-refractivity contribution in [3.05, 3.63) is 83.9 Å². The molecule has 1 heterocycles. The Morgan fingerprint density at radius 3 is 2.23 bits per heavy atom. The number of hydrogen-bond acceptors (Lipinski definition) is 4. The van der Waals surface area contributed by atoms with Crippen molar-refractivity contribution < 1.29 is 9.59 Å². The number of nitrogens with zero attached hydrogens (tertiary/aromatic N) is 1. The number of H-pyrrole nitrogens is 1. The van der Waals surface area contributed by atoms with Gasteiger partial charge in [0, 0.05) is 29.6 Å². The van der Waals surface area contributed by atoms with Gasteiger partial charge in [-0.3, -0.25) is 9.59 Å². The van der Waals surface area contributed by atoms with Crippen molar-refractivity contribution in [3.63, 3.8) is 0 Å². The van der Waals surface area contributed by atoms with E-state index in [-0.39, 0.29) is 11.8 Å². The van der Waals surface area contributed by atoms with Crippen molar-refractivity contribution in [2.24, 2.45) is 0 Å². The molecule has 0 atom stereocenters. The minimum Gasteiger partial charge on any atom is -0.333 e. The summed E-state index contributed by atoms with van der Waals surface area (Å²) in [6.45, 7) is 1.45. The minimum atomic E-state index is -0.182. The van der Waals surface area contributed by atoms with Crippen LogP contribution in [0.3, 0.4) is 0 Å². The number of rotatable bonds is 6. The molecule has 4 rings (SSSR count). The van der Waals surface area contributed by atoms with Gasteiger partial charge in [-0.15, -0.1) is 0 Å². The third-order valence-electron chi connectivity index (χ3n) is 4.42. The highest BCUT2D eigenvalue weighted by Crippen LogP contribution is 2.23. The van der Waals surface area contributed by atoms with E-state index in [2.05, 4.69) is 20.6 Å². The summed E-state index contributed by atoms with van der Waals surface area (Å²) >= 11 is 1.62. The van der Waals surface area contributed by atoms with E-state index in [9.17, 15) is 9.59 Å². The summed E-state index contributed by atoms with van der Waals surface area (Å²) in [5.41, 5.74) is 5.02. The summed E-state index contributed by atoms with van der Waals surface area (Å²) in [6, 6.07) is 22.5. The van der Waals surface area contributed by atoms with Gasteiger partial charge in [-0.05, 0) is 54.1 Å². The minimum absolute atomic E-state index is 0.134. The van der Waals surface area contributed by atoms with Gasteiger partial charge in [0.15, 0.2) is 5.16 Å². The second-order valence-corrected chi connectivity index (χ2v) is 7.72. The van der Waals surface area contributed by atoms with Crippen molar-refractivity contribution >= 4 is 46.0 Å². The van der Waals surface area contributed by atoms with Gasteiger partial charge in [0.1, 0.15) is 0 Å². The van der Waals surface area contributed by atoms with Crippen LogP contribution in [0.25, 0.3) is 11.0 Å². The molecule has 3 aromatic carbocycles. The molecule has 150 valence electrons. The van der Waals surface area contributed by atoms with E-state index in [0.717, 1.165) is 27.5 Å². The van der Waals surface area contributed by atoms with Gasteiger partial charge in [0.2, 0.25) is 5.91 Å². The predicted octanol–water partition coefficient (Wildman–Crippen LogP) is 5.07. The summed E-state index contributed by atoms with van der Waals surface area (Å²) in [5, 5.41) is 6.43. The Morgan fingerprint density at radius 1 is 0.900 bits per heavy atom. The van der Waals surface area contributed by atoms with Gasteiger partial charge < -0.3 is 15.6 Å². The lowest BCUT2D eigenvalue weighted by Crippen LogP contribution is -2.12. The number of benzene rings is 3. The topological polar surface area (TPSA) is 86.9 Å². The third-order valence-corrected chi connectivity index (χ3v) is 5.37. The Kier molecular flexibility index (Phi) is 5.81. The van der Waals surface area contributed by atoms with Gasteiger partial charge in [-0.25, -0.2) is 4.98 Å². The van der Waals surface area contributed by atoms with Crippen LogP contribution in [-0.4, -0.2) is 21.8 Å². The van der Waals surface area contributed by atoms with Crippen LogP contribution in [-0.2, 0) is 10.5 Å². The number of aromatic amines is 1. The number of amides is 2. The standard InChI is InChI=1S/C23H20N4O2S/c1-15(28)24-18-10-12-19(13-11-18)25-22(29)17-8-6-16(7-9-17)14-30-23-26-20-4-2-3-5-21(20)27-23/h2-13H,14H2,1H3,(H,24,28)(H,25,29)(H,26,27). The molecule has 0 spiro atoms. The summed E-state index contributed by atoms with van der Waals surface area (Å²) < 4.78 is 0. The van der Waals surface area contributed by atoms with Crippen molar-refractivity contribution in [3.8, 4) is 0 Å². The Hall–Kier alpha value is -3.58. The molecule has 4 aromatic rings. The average Bonchev–Trinajstić information content (AvgIpc) is 3.17. The molecule has 6 nitrogen and oxygen atoms in total. The van der Waals surface area contributed by atoms with Crippen LogP contribution in [0.5, 0.6) is 0 Å². The Labute approximate surface area is 178 Å². The molecular weight excluding hydrogens is 396 g/mol. The summed E-state index contributed by atoms with van der Waals surface area (Å²) in [7, 11) is 0. The number of aromatic nitrogens is 2. The molecule has 0 radical (unpaired) electrons. The maximum Gasteiger partial charge on any atom is 0.255 e. The highest BCUT2D eigenvalue weighted by Gasteiger charge is 2.08. The molecule has 30 heavy (non-hydrogen) atoms. The van der Waals surface area contributed by atoms with E-state index < -0.39 is 0 Å². The van der Waals surface area contributed by atoms with Crippen molar-refractivity contribution in [2.45, 2.75) is 17.8 Å². The maximum atomic E-state index is 12.5. The Bertz CT molecular complexity index is 1150. The first-order chi connectivity index (χ1) is 14.6. The lowest BCUT2D eigenvalue weighted by molar-refractivity contribution is -0.114. The third kappa shape index (κ3) is 4.87. The van der Waals surface area contributed by atoms with Gasteiger partial charge in [0.05, 0.1) is 11.0 Å². The Balaban J connectivity index is 1.34. The zero-order chi connectivity index (χ0) is 20.9. The average molecular weight is 417 g/mol. The molecule has 0 unspecified atom stereocenters. The molecule has 0 saturated heterocycles. The summed E-state index contributed by atoms with van der Waals surface area (Å²) in [5.74, 6) is 0.441. The Morgan fingerprint density at radius 2 is 1.57 bits per heavy atom. The number of carbonyl (C=O) groups excluding carboxylic acids is 2. The molecule has 0 aliphatic carbocycles. The van der Waals surface area contributed by atoms with E-state index >= 15 is 0 Å². The van der Waals surface area contributed by atoms with Crippen LogP contribution in [0.4, 0.5) is 11.4 Å². The molecule has 0 aliphatic rings. The van der Waals surface area contributed by atoms with E-state index in [4.69, 9.17) is 0 Å². The summed E-state index contributed by atoms with van der Waals surface area (Å²) in [6.07, 6.45) is 0. The van der Waals surface area contributed by atoms with Crippen LogP contribution in [0.2, 0.25) is 0 Å². The SMILES string of the molecule is CC(=O)Nc1ccc(NC(=O)c2ccc(CSc3nc4ccccc4[nH]3)cc2)cc1. The molecule has 0 saturated carbocycles. The molecule has 3 N–H and O–H groups in total. The van der Waals surface area contributed by atoms with Crippen LogP contribution >= 0.6 is 11.8 Å². The van der Waals surface area contributed by atoms with E-state index in [1.165, 1.54) is 6.92 Å². The second kappa shape index (κ2) is 8.84.